The summed E-state index contributed by atoms with van der Waals surface area (Å²) in [7, 11) is -2.31. The van der Waals surface area contributed by atoms with Gasteiger partial charge in [0.1, 0.15) is 0 Å². The van der Waals surface area contributed by atoms with Crippen LogP contribution in [0.3, 0.4) is 0 Å². The third-order valence-electron chi connectivity index (χ3n) is 4.28. The molecule has 1 aromatic rings. The molecule has 0 saturated carbocycles. The third-order valence-corrected chi connectivity index (χ3v) is 5.37. The molecule has 138 valence electrons. The molecule has 1 heterocycles. The Morgan fingerprint density at radius 1 is 1.24 bits per heavy atom. The zero-order chi connectivity index (χ0) is 18.4. The van der Waals surface area contributed by atoms with Gasteiger partial charge in [-0.3, -0.25) is 4.79 Å². The van der Waals surface area contributed by atoms with E-state index in [1.807, 2.05) is 0 Å². The smallest absolute Gasteiger partial charge is 0.337 e. The maximum atomic E-state index is 12.2. The lowest BCUT2D eigenvalue weighted by Gasteiger charge is -2.22. The third kappa shape index (κ3) is 5.82. The summed E-state index contributed by atoms with van der Waals surface area (Å²) in [5.41, 5.74) is 0.359. The molecule has 8 heteroatoms. The van der Waals surface area contributed by atoms with Gasteiger partial charge in [0.2, 0.25) is 5.91 Å². The van der Waals surface area contributed by atoms with Crippen LogP contribution in [0.2, 0.25) is 0 Å². The molecule has 0 bridgehead atoms. The van der Waals surface area contributed by atoms with Crippen molar-refractivity contribution < 1.29 is 22.7 Å². The minimum absolute atomic E-state index is 0.0379. The Bertz CT molecular complexity index is 739. The van der Waals surface area contributed by atoms with E-state index >= 15 is 0 Å². The lowest BCUT2D eigenvalue weighted by Crippen LogP contribution is -2.28. The molecular formula is C17H24N2O5S. The molecule has 0 spiro atoms. The van der Waals surface area contributed by atoms with Gasteiger partial charge in [0, 0.05) is 18.4 Å². The molecule has 7 nitrogen and oxygen atoms in total. The first-order chi connectivity index (χ1) is 11.8. The van der Waals surface area contributed by atoms with Crippen LogP contribution < -0.4 is 10.6 Å². The van der Waals surface area contributed by atoms with Crippen molar-refractivity contribution >= 4 is 27.4 Å². The number of methoxy groups -OCH3 is 1. The molecule has 0 aliphatic carbocycles. The zero-order valence-electron chi connectivity index (χ0n) is 14.5. The van der Waals surface area contributed by atoms with Gasteiger partial charge in [-0.1, -0.05) is 0 Å². The van der Waals surface area contributed by atoms with Crippen LogP contribution >= 0.6 is 0 Å². The Hall–Kier alpha value is -1.93. The van der Waals surface area contributed by atoms with Gasteiger partial charge in [-0.05, 0) is 56.5 Å². The maximum absolute atomic E-state index is 12.2. The highest BCUT2D eigenvalue weighted by Crippen LogP contribution is 2.22. The molecule has 2 N–H and O–H groups in total. The predicted octanol–water partition coefficient (Wildman–Crippen LogP) is 1.59. The summed E-state index contributed by atoms with van der Waals surface area (Å²) in [6, 6.07) is 4.01. The van der Waals surface area contributed by atoms with Gasteiger partial charge in [0.15, 0.2) is 9.84 Å². The highest BCUT2D eigenvalue weighted by Gasteiger charge is 2.17. The molecular weight excluding hydrogens is 344 g/mol. The van der Waals surface area contributed by atoms with Gasteiger partial charge in [-0.25, -0.2) is 13.2 Å². The number of piperidine rings is 1. The number of hydrogen-bond donors (Lipinski definition) is 2. The van der Waals surface area contributed by atoms with Crippen LogP contribution in [0.1, 0.15) is 36.0 Å². The summed E-state index contributed by atoms with van der Waals surface area (Å²) in [6.07, 6.45) is 4.32. The van der Waals surface area contributed by atoms with Gasteiger partial charge >= 0.3 is 5.97 Å². The van der Waals surface area contributed by atoms with Gasteiger partial charge in [-0.15, -0.1) is 0 Å². The van der Waals surface area contributed by atoms with E-state index < -0.39 is 15.8 Å². The second-order valence-corrected chi connectivity index (χ2v) is 8.31. The lowest BCUT2D eigenvalue weighted by atomic mass is 9.93. The number of carbonyl (C=O) groups excluding carboxylic acids is 2. The average molecular weight is 368 g/mol. The standard InChI is InChI=1S/C17H24N2O5S/c1-24-17(21)13-9-14(11-15(10-13)25(2,22)23)19-16(20)4-3-12-5-7-18-8-6-12/h9-12,18H,3-8H2,1-2H3,(H,19,20). The van der Waals surface area contributed by atoms with Gasteiger partial charge in [-0.2, -0.15) is 0 Å². The number of sulfone groups is 1. The number of carbonyl (C=O) groups is 2. The molecule has 0 atom stereocenters. The number of nitrogens with one attached hydrogen (secondary N) is 2. The van der Waals surface area contributed by atoms with Gasteiger partial charge in [0.05, 0.1) is 17.6 Å². The number of amides is 1. The first kappa shape index (κ1) is 19.4. The fourth-order valence-corrected chi connectivity index (χ4v) is 3.53. The monoisotopic (exact) mass is 368 g/mol. The van der Waals surface area contributed by atoms with Crippen molar-refractivity contribution in [2.24, 2.45) is 5.92 Å². The van der Waals surface area contributed by atoms with E-state index in [1.165, 1.54) is 25.3 Å². The van der Waals surface area contributed by atoms with E-state index in [4.69, 9.17) is 0 Å². The number of rotatable bonds is 6. The van der Waals surface area contributed by atoms with Crippen molar-refractivity contribution in [3.05, 3.63) is 23.8 Å². The molecule has 1 aliphatic heterocycles. The first-order valence-electron chi connectivity index (χ1n) is 8.23. The van der Waals surface area contributed by atoms with Crippen LogP contribution in [0.25, 0.3) is 0 Å². The topological polar surface area (TPSA) is 102 Å². The SMILES string of the molecule is COC(=O)c1cc(NC(=O)CCC2CCNCC2)cc(S(C)(=O)=O)c1. The summed E-state index contributed by atoms with van der Waals surface area (Å²) >= 11 is 0. The fourth-order valence-electron chi connectivity index (χ4n) is 2.85. The van der Waals surface area contributed by atoms with E-state index in [2.05, 4.69) is 15.4 Å². The van der Waals surface area contributed by atoms with Crippen LogP contribution in [0.15, 0.2) is 23.1 Å². The zero-order valence-corrected chi connectivity index (χ0v) is 15.3. The normalized spacial score (nSPS) is 15.6. The second kappa shape index (κ2) is 8.44. The van der Waals surface area contributed by atoms with E-state index in [-0.39, 0.29) is 22.1 Å². The first-order valence-corrected chi connectivity index (χ1v) is 10.1. The molecule has 25 heavy (non-hydrogen) atoms. The minimum Gasteiger partial charge on any atom is -0.465 e. The molecule has 0 radical (unpaired) electrons. The molecule has 1 saturated heterocycles. The molecule has 1 aliphatic rings. The fraction of sp³-hybridized carbons (Fsp3) is 0.529. The molecule has 0 aromatic heterocycles. The summed E-state index contributed by atoms with van der Waals surface area (Å²) < 4.78 is 28.2. The Labute approximate surface area is 148 Å². The van der Waals surface area contributed by atoms with Crippen molar-refractivity contribution in [3.8, 4) is 0 Å². The Morgan fingerprint density at radius 2 is 1.92 bits per heavy atom. The summed E-state index contributed by atoms with van der Waals surface area (Å²) in [4.78, 5) is 23.9. The van der Waals surface area contributed by atoms with Crippen molar-refractivity contribution in [1.82, 2.24) is 5.32 Å². The summed E-state index contributed by atoms with van der Waals surface area (Å²) in [6.45, 7) is 1.95. The number of hydrogen-bond acceptors (Lipinski definition) is 6. The highest BCUT2D eigenvalue weighted by molar-refractivity contribution is 7.90. The Balaban J connectivity index is 2.08. The summed E-state index contributed by atoms with van der Waals surface area (Å²) in [5.74, 6) is -0.323. The Morgan fingerprint density at radius 3 is 2.52 bits per heavy atom. The number of benzene rings is 1. The number of anilines is 1. The van der Waals surface area contributed by atoms with E-state index in [0.29, 0.717) is 12.3 Å². The van der Waals surface area contributed by atoms with Crippen LogP contribution in [0, 0.1) is 5.92 Å². The van der Waals surface area contributed by atoms with Gasteiger partial charge in [0.25, 0.3) is 0 Å². The largest absolute Gasteiger partial charge is 0.465 e. The maximum Gasteiger partial charge on any atom is 0.337 e. The van der Waals surface area contributed by atoms with Crippen molar-refractivity contribution in [2.75, 3.05) is 31.8 Å². The van der Waals surface area contributed by atoms with E-state index in [1.54, 1.807) is 0 Å². The number of ether oxygens (including phenoxy) is 1. The van der Waals surface area contributed by atoms with Crippen LogP contribution in [0.5, 0.6) is 0 Å². The van der Waals surface area contributed by atoms with E-state index in [0.717, 1.165) is 38.6 Å². The van der Waals surface area contributed by atoms with E-state index in [9.17, 15) is 18.0 Å². The van der Waals surface area contributed by atoms with Crippen molar-refractivity contribution in [2.45, 2.75) is 30.6 Å². The highest BCUT2D eigenvalue weighted by atomic mass is 32.2. The quantitative estimate of drug-likeness (QED) is 0.740. The number of esters is 1. The second-order valence-electron chi connectivity index (χ2n) is 6.29. The Kier molecular flexibility index (Phi) is 6.55. The molecule has 1 amide bonds. The molecule has 2 rings (SSSR count). The molecule has 0 unspecified atom stereocenters. The van der Waals surface area contributed by atoms with Crippen LogP contribution in [0.4, 0.5) is 5.69 Å². The van der Waals surface area contributed by atoms with Crippen molar-refractivity contribution in [3.63, 3.8) is 0 Å². The van der Waals surface area contributed by atoms with Crippen LogP contribution in [-0.4, -0.2) is 46.7 Å². The minimum atomic E-state index is -3.52. The molecule has 1 fully saturated rings. The average Bonchev–Trinajstić information content (AvgIpc) is 2.59. The van der Waals surface area contributed by atoms with Gasteiger partial charge < -0.3 is 15.4 Å². The summed E-state index contributed by atoms with van der Waals surface area (Å²) in [5, 5.41) is 5.97. The lowest BCUT2D eigenvalue weighted by molar-refractivity contribution is -0.116. The predicted molar refractivity (Wildman–Crippen MR) is 94.3 cm³/mol. The van der Waals surface area contributed by atoms with Crippen LogP contribution in [-0.2, 0) is 19.4 Å². The molecule has 1 aromatic carbocycles. The van der Waals surface area contributed by atoms with Crippen molar-refractivity contribution in [1.29, 1.82) is 0 Å².